The molecule has 3 nitrogen and oxygen atoms in total. The summed E-state index contributed by atoms with van der Waals surface area (Å²) in [6, 6.07) is 8.65. The molecule has 0 bridgehead atoms. The Hall–Kier alpha value is -2.14. The molecule has 0 spiro atoms. The van der Waals surface area contributed by atoms with E-state index in [4.69, 9.17) is 16.3 Å². The quantitative estimate of drug-likeness (QED) is 0.692. The van der Waals surface area contributed by atoms with E-state index in [9.17, 15) is 13.6 Å². The fourth-order valence-electron chi connectivity index (χ4n) is 2.89. The Morgan fingerprint density at radius 3 is 2.36 bits per heavy atom. The predicted molar refractivity (Wildman–Crippen MR) is 93.4 cm³/mol. The van der Waals surface area contributed by atoms with Crippen molar-refractivity contribution < 1.29 is 18.3 Å². The van der Waals surface area contributed by atoms with Crippen LogP contribution in [0.1, 0.15) is 30.1 Å². The van der Waals surface area contributed by atoms with Crippen molar-refractivity contribution in [1.29, 1.82) is 0 Å². The zero-order valence-corrected chi connectivity index (χ0v) is 14.7. The molecule has 1 aliphatic carbocycles. The largest absolute Gasteiger partial charge is 0.497 e. The van der Waals surface area contributed by atoms with Gasteiger partial charge in [-0.25, -0.2) is 8.78 Å². The highest BCUT2D eigenvalue weighted by Gasteiger charge is 2.36. The third-order valence-corrected chi connectivity index (χ3v) is 4.83. The number of halogens is 3. The third kappa shape index (κ3) is 3.61. The molecule has 0 N–H and O–H groups in total. The predicted octanol–water partition coefficient (Wildman–Crippen LogP) is 5.07. The molecule has 0 heterocycles. The molecule has 132 valence electrons. The first-order valence-corrected chi connectivity index (χ1v) is 8.42. The topological polar surface area (TPSA) is 29.5 Å². The lowest BCUT2D eigenvalue weighted by atomic mass is 10.1. The van der Waals surface area contributed by atoms with Gasteiger partial charge >= 0.3 is 0 Å². The second-order valence-electron chi connectivity index (χ2n) is 6.20. The van der Waals surface area contributed by atoms with Crippen molar-refractivity contribution >= 4 is 23.2 Å². The smallest absolute Gasteiger partial charge is 0.260 e. The van der Waals surface area contributed by atoms with Crippen molar-refractivity contribution in [3.8, 4) is 5.75 Å². The number of benzene rings is 2. The number of rotatable bonds is 5. The van der Waals surface area contributed by atoms with E-state index < -0.39 is 17.5 Å². The van der Waals surface area contributed by atoms with Crippen molar-refractivity contribution in [3.05, 3.63) is 58.6 Å². The first-order chi connectivity index (χ1) is 11.9. The highest BCUT2D eigenvalue weighted by Crippen LogP contribution is 2.38. The van der Waals surface area contributed by atoms with Gasteiger partial charge in [0.2, 0.25) is 0 Å². The molecule has 0 saturated heterocycles. The molecule has 1 amide bonds. The summed E-state index contributed by atoms with van der Waals surface area (Å²) in [5, 5.41) is -0.106. The fourth-order valence-corrected chi connectivity index (χ4v) is 3.12. The standard InChI is InChI=1S/C19H18ClF2NO2/c1-11(12-3-4-12)23(13-5-7-14(25-2)8-6-13)19(24)15-9-17(21)18(22)10-16(15)20/h5-12H,3-4H2,1-2H3. The number of ether oxygens (including phenoxy) is 1. The number of nitrogens with zero attached hydrogens (tertiary/aromatic N) is 1. The molecule has 1 fully saturated rings. The summed E-state index contributed by atoms with van der Waals surface area (Å²) in [5.41, 5.74) is 0.606. The summed E-state index contributed by atoms with van der Waals surface area (Å²) in [5.74, 6) is -1.57. The van der Waals surface area contributed by atoms with Gasteiger partial charge in [0.15, 0.2) is 11.6 Å². The Labute approximate surface area is 150 Å². The van der Waals surface area contributed by atoms with Gasteiger partial charge in [-0.2, -0.15) is 0 Å². The minimum Gasteiger partial charge on any atom is -0.497 e. The molecular weight excluding hydrogens is 348 g/mol. The average Bonchev–Trinajstić information content (AvgIpc) is 3.43. The van der Waals surface area contributed by atoms with E-state index in [1.807, 2.05) is 6.92 Å². The molecule has 1 unspecified atom stereocenters. The van der Waals surface area contributed by atoms with Gasteiger partial charge in [0, 0.05) is 11.7 Å². The lowest BCUT2D eigenvalue weighted by molar-refractivity contribution is 0.0975. The highest BCUT2D eigenvalue weighted by atomic mass is 35.5. The van der Waals surface area contributed by atoms with E-state index in [0.717, 1.165) is 25.0 Å². The number of carbonyl (C=O) groups excluding carboxylic acids is 1. The number of amides is 1. The lowest BCUT2D eigenvalue weighted by Crippen LogP contribution is -2.40. The van der Waals surface area contributed by atoms with Gasteiger partial charge in [0.1, 0.15) is 5.75 Å². The second kappa shape index (κ2) is 7.00. The van der Waals surface area contributed by atoms with Gasteiger partial charge in [-0.1, -0.05) is 11.6 Å². The van der Waals surface area contributed by atoms with Crippen LogP contribution in [0.15, 0.2) is 36.4 Å². The summed E-state index contributed by atoms with van der Waals surface area (Å²) in [7, 11) is 1.56. The Morgan fingerprint density at radius 1 is 1.20 bits per heavy atom. The van der Waals surface area contributed by atoms with Crippen LogP contribution in [-0.2, 0) is 0 Å². The lowest BCUT2D eigenvalue weighted by Gasteiger charge is -2.30. The van der Waals surface area contributed by atoms with Gasteiger partial charge in [-0.3, -0.25) is 4.79 Å². The fraction of sp³-hybridized carbons (Fsp3) is 0.316. The van der Waals surface area contributed by atoms with E-state index in [-0.39, 0.29) is 16.6 Å². The number of methoxy groups -OCH3 is 1. The van der Waals surface area contributed by atoms with Gasteiger partial charge in [-0.15, -0.1) is 0 Å². The van der Waals surface area contributed by atoms with Crippen molar-refractivity contribution in [3.63, 3.8) is 0 Å². The molecule has 6 heteroatoms. The maximum Gasteiger partial charge on any atom is 0.260 e. The molecule has 3 rings (SSSR count). The maximum absolute atomic E-state index is 13.6. The maximum atomic E-state index is 13.6. The summed E-state index contributed by atoms with van der Waals surface area (Å²) in [6.45, 7) is 1.95. The minimum absolute atomic E-state index is 0.0520. The van der Waals surface area contributed by atoms with E-state index in [1.54, 1.807) is 36.3 Å². The minimum atomic E-state index is -1.10. The van der Waals surface area contributed by atoms with E-state index >= 15 is 0 Å². The highest BCUT2D eigenvalue weighted by molar-refractivity contribution is 6.34. The molecule has 2 aromatic rings. The van der Waals surface area contributed by atoms with Gasteiger partial charge in [0.05, 0.1) is 17.7 Å². The molecule has 1 saturated carbocycles. The Balaban J connectivity index is 2.01. The Morgan fingerprint density at radius 2 is 1.80 bits per heavy atom. The van der Waals surface area contributed by atoms with Crippen LogP contribution in [0.4, 0.5) is 14.5 Å². The number of carbonyl (C=O) groups is 1. The van der Waals surface area contributed by atoms with Crippen LogP contribution in [0, 0.1) is 17.6 Å². The summed E-state index contributed by atoms with van der Waals surface area (Å²) in [6.07, 6.45) is 2.07. The van der Waals surface area contributed by atoms with Crippen LogP contribution in [0.2, 0.25) is 5.02 Å². The van der Waals surface area contributed by atoms with Crippen molar-refractivity contribution in [2.24, 2.45) is 5.92 Å². The van der Waals surface area contributed by atoms with Crippen molar-refractivity contribution in [2.75, 3.05) is 12.0 Å². The van der Waals surface area contributed by atoms with E-state index in [2.05, 4.69) is 0 Å². The second-order valence-corrected chi connectivity index (χ2v) is 6.60. The van der Waals surface area contributed by atoms with Crippen LogP contribution >= 0.6 is 11.6 Å². The van der Waals surface area contributed by atoms with Crippen LogP contribution in [0.3, 0.4) is 0 Å². The number of anilines is 1. The van der Waals surface area contributed by atoms with Crippen molar-refractivity contribution in [1.82, 2.24) is 0 Å². The van der Waals surface area contributed by atoms with Gasteiger partial charge in [0.25, 0.3) is 5.91 Å². The molecule has 0 aliphatic heterocycles. The van der Waals surface area contributed by atoms with E-state index in [1.165, 1.54) is 0 Å². The summed E-state index contributed by atoms with van der Waals surface area (Å²) in [4.78, 5) is 14.7. The zero-order chi connectivity index (χ0) is 18.1. The molecule has 0 aromatic heterocycles. The zero-order valence-electron chi connectivity index (χ0n) is 13.9. The van der Waals surface area contributed by atoms with Gasteiger partial charge < -0.3 is 9.64 Å². The number of hydrogen-bond donors (Lipinski definition) is 0. The average molecular weight is 366 g/mol. The summed E-state index contributed by atoms with van der Waals surface area (Å²) >= 11 is 6.00. The molecule has 2 aromatic carbocycles. The van der Waals surface area contributed by atoms with Crippen molar-refractivity contribution in [2.45, 2.75) is 25.8 Å². The van der Waals surface area contributed by atoms with Crippen LogP contribution < -0.4 is 9.64 Å². The van der Waals surface area contributed by atoms with E-state index in [0.29, 0.717) is 17.4 Å². The first-order valence-electron chi connectivity index (χ1n) is 8.04. The molecule has 25 heavy (non-hydrogen) atoms. The Bertz CT molecular complexity index is 791. The van der Waals surface area contributed by atoms with Crippen LogP contribution in [0.5, 0.6) is 5.75 Å². The molecule has 0 radical (unpaired) electrons. The number of hydrogen-bond acceptors (Lipinski definition) is 2. The van der Waals surface area contributed by atoms with Crippen LogP contribution in [-0.4, -0.2) is 19.1 Å². The monoisotopic (exact) mass is 365 g/mol. The molecule has 1 atom stereocenters. The first kappa shape index (κ1) is 17.7. The molecular formula is C19H18ClF2NO2. The van der Waals surface area contributed by atoms with Gasteiger partial charge in [-0.05, 0) is 62.1 Å². The summed E-state index contributed by atoms with van der Waals surface area (Å²) < 4.78 is 32.1. The normalized spacial score (nSPS) is 14.9. The SMILES string of the molecule is COc1ccc(N(C(=O)c2cc(F)c(F)cc2Cl)C(C)C2CC2)cc1. The third-order valence-electron chi connectivity index (χ3n) is 4.52. The Kier molecular flexibility index (Phi) is 4.95. The molecule has 1 aliphatic rings. The van der Waals surface area contributed by atoms with Crippen LogP contribution in [0.25, 0.3) is 0 Å².